The van der Waals surface area contributed by atoms with Crippen LogP contribution in [0.1, 0.15) is 106 Å². The number of halogens is 3. The normalized spacial score (nSPS) is 15.5. The van der Waals surface area contributed by atoms with E-state index < -0.39 is 59.2 Å². The summed E-state index contributed by atoms with van der Waals surface area (Å²) in [6, 6.07) is 15.5. The van der Waals surface area contributed by atoms with Gasteiger partial charge in [0.2, 0.25) is 23.6 Å². The zero-order chi connectivity index (χ0) is 56.3. The standard InChI is InChI=1S/C56H68F3N9O9S/c1-34(37-13-15-38(16-14-37)49-35(2)62-33-78-49)63-53(73)46-30-42(77-36(3)69)31-67(46)54(74)50(55(4,5)6)64-48(71)12-10-8-9-11-47(70)60-23-25-75-27-28-76-26-24-61-52(72)39-17-22-45-43(29-39)44-32-66(7)65-51(44)68(45)41-20-18-40(19-21-41)56(57,58)59/h13-22,29,32-34,42,46,50H,8-12,23-28,30-31H2,1-7H3,(H,60,70)(H,61,72)(H,63,73)(H,64,71)/t34?,42-,46+,50?/m1/s1. The van der Waals surface area contributed by atoms with E-state index in [0.717, 1.165) is 44.6 Å². The predicted molar refractivity (Wildman–Crippen MR) is 289 cm³/mol. The van der Waals surface area contributed by atoms with E-state index in [2.05, 4.69) is 31.3 Å². The lowest BCUT2D eigenvalue weighted by Crippen LogP contribution is -2.57. The zero-order valence-electron chi connectivity index (χ0n) is 45.0. The van der Waals surface area contributed by atoms with Crippen molar-refractivity contribution in [1.29, 1.82) is 0 Å². The highest BCUT2D eigenvalue weighted by Crippen LogP contribution is 2.35. The van der Waals surface area contributed by atoms with Gasteiger partial charge in [-0.3, -0.25) is 38.0 Å². The van der Waals surface area contributed by atoms with Crippen LogP contribution in [0.25, 0.3) is 38.1 Å². The van der Waals surface area contributed by atoms with Crippen LogP contribution in [-0.2, 0) is 51.4 Å². The molecular formula is C56H68F3N9O9S. The lowest BCUT2D eigenvalue weighted by atomic mass is 9.85. The van der Waals surface area contributed by atoms with Crippen molar-refractivity contribution in [2.24, 2.45) is 12.5 Å². The molecule has 1 aliphatic rings. The first-order valence-corrected chi connectivity index (χ1v) is 26.9. The molecule has 0 bridgehead atoms. The summed E-state index contributed by atoms with van der Waals surface area (Å²) in [6.07, 6.45) is -1.23. The van der Waals surface area contributed by atoms with E-state index in [1.54, 1.807) is 57.5 Å². The summed E-state index contributed by atoms with van der Waals surface area (Å²) in [5, 5.41) is 17.6. The maximum Gasteiger partial charge on any atom is 0.416 e. The average Bonchev–Trinajstić information content (AvgIpc) is 4.38. The van der Waals surface area contributed by atoms with Crippen LogP contribution in [0.2, 0.25) is 0 Å². The molecule has 3 aromatic heterocycles. The molecule has 4 atom stereocenters. The molecule has 0 aliphatic carbocycles. The van der Waals surface area contributed by atoms with Gasteiger partial charge >= 0.3 is 12.1 Å². The van der Waals surface area contributed by atoms with Crippen molar-refractivity contribution >= 4 is 68.8 Å². The third kappa shape index (κ3) is 15.1. The predicted octanol–water partition coefficient (Wildman–Crippen LogP) is 7.74. The Kier molecular flexibility index (Phi) is 19.5. The van der Waals surface area contributed by atoms with Gasteiger partial charge in [0, 0.05) is 74.5 Å². The number of likely N-dealkylation sites (tertiary alicyclic amines) is 1. The maximum atomic E-state index is 14.3. The van der Waals surface area contributed by atoms with Crippen molar-refractivity contribution in [2.75, 3.05) is 46.1 Å². The van der Waals surface area contributed by atoms with Gasteiger partial charge in [0.1, 0.15) is 18.2 Å². The minimum absolute atomic E-state index is 0.00167. The van der Waals surface area contributed by atoms with Crippen LogP contribution in [0.15, 0.2) is 78.4 Å². The number of nitrogens with one attached hydrogen (secondary N) is 4. The minimum Gasteiger partial charge on any atom is -0.461 e. The molecule has 1 saturated heterocycles. The number of aromatic nitrogens is 4. The molecule has 2 unspecified atom stereocenters. The number of benzene rings is 3. The van der Waals surface area contributed by atoms with E-state index in [0.29, 0.717) is 48.2 Å². The second-order valence-corrected chi connectivity index (χ2v) is 21.4. The Labute approximate surface area is 454 Å². The van der Waals surface area contributed by atoms with E-state index in [1.807, 2.05) is 58.9 Å². The molecule has 6 aromatic rings. The first-order valence-electron chi connectivity index (χ1n) is 26.0. The maximum absolute atomic E-state index is 14.3. The molecule has 7 rings (SSSR count). The van der Waals surface area contributed by atoms with Gasteiger partial charge in [-0.2, -0.15) is 18.3 Å². The second kappa shape index (κ2) is 26.0. The van der Waals surface area contributed by atoms with Crippen molar-refractivity contribution < 1.29 is 56.1 Å². The fraction of sp³-hybridized carbons (Fsp3) is 0.464. The van der Waals surface area contributed by atoms with E-state index in [1.165, 1.54) is 24.0 Å². The van der Waals surface area contributed by atoms with Crippen molar-refractivity contribution in [2.45, 2.75) is 110 Å². The van der Waals surface area contributed by atoms with Crippen LogP contribution in [0.3, 0.4) is 0 Å². The first kappa shape index (κ1) is 58.5. The Morgan fingerprint density at radius 2 is 1.49 bits per heavy atom. The molecule has 1 aliphatic heterocycles. The van der Waals surface area contributed by atoms with Gasteiger partial charge in [0.15, 0.2) is 5.65 Å². The molecule has 0 radical (unpaired) electrons. The zero-order valence-corrected chi connectivity index (χ0v) is 45.8. The molecule has 5 amide bonds. The highest BCUT2D eigenvalue weighted by atomic mass is 32.1. The number of thiazole rings is 1. The Morgan fingerprint density at radius 1 is 0.821 bits per heavy atom. The Hall–Kier alpha value is -7.17. The van der Waals surface area contributed by atoms with E-state index in [4.69, 9.17) is 14.2 Å². The van der Waals surface area contributed by atoms with E-state index >= 15 is 0 Å². The summed E-state index contributed by atoms with van der Waals surface area (Å²) in [4.78, 5) is 85.8. The lowest BCUT2D eigenvalue weighted by Gasteiger charge is -2.35. The van der Waals surface area contributed by atoms with Gasteiger partial charge in [-0.15, -0.1) is 11.3 Å². The largest absolute Gasteiger partial charge is 0.461 e. The Bertz CT molecular complexity index is 3080. The SMILES string of the molecule is CC(=O)O[C@@H]1C[C@@H](C(=O)NC(C)c2ccc(-c3scnc3C)cc2)N(C(=O)C(NC(=O)CCCCCC(=O)NCCOCCOCCNC(=O)c2ccc3c(c2)c2cn(C)nc2n3-c2ccc(C(F)(F)F)cc2)C(C)(C)C)C1. The summed E-state index contributed by atoms with van der Waals surface area (Å²) in [6.45, 7) is 12.2. The number of ether oxygens (including phenoxy) is 3. The monoisotopic (exact) mass is 1100 g/mol. The molecule has 4 heterocycles. The van der Waals surface area contributed by atoms with Crippen molar-refractivity contribution in [3.8, 4) is 16.1 Å². The van der Waals surface area contributed by atoms with Crippen LogP contribution >= 0.6 is 11.3 Å². The average molecular weight is 1100 g/mol. The van der Waals surface area contributed by atoms with E-state index in [-0.39, 0.29) is 76.5 Å². The van der Waals surface area contributed by atoms with E-state index in [9.17, 15) is 41.9 Å². The molecule has 0 saturated carbocycles. The van der Waals surface area contributed by atoms with Gasteiger partial charge in [-0.25, -0.2) is 4.98 Å². The summed E-state index contributed by atoms with van der Waals surface area (Å²) in [5.41, 5.74) is 5.28. The molecular weight excluding hydrogens is 1030 g/mol. The van der Waals surface area contributed by atoms with Crippen molar-refractivity contribution in [1.82, 2.24) is 45.5 Å². The van der Waals surface area contributed by atoms with Gasteiger partial charge in [0.05, 0.1) is 66.2 Å². The summed E-state index contributed by atoms with van der Waals surface area (Å²) in [5.74, 6) is -2.18. The highest BCUT2D eigenvalue weighted by molar-refractivity contribution is 7.13. The van der Waals surface area contributed by atoms with Crippen molar-refractivity contribution in [3.63, 3.8) is 0 Å². The molecule has 18 nitrogen and oxygen atoms in total. The molecule has 78 heavy (non-hydrogen) atoms. The number of carbonyl (C=O) groups is 6. The van der Waals surface area contributed by atoms with Crippen LogP contribution < -0.4 is 21.3 Å². The van der Waals surface area contributed by atoms with Crippen LogP contribution in [-0.4, -0.2) is 124 Å². The number of amides is 5. The van der Waals surface area contributed by atoms with Crippen LogP contribution in [0.4, 0.5) is 13.2 Å². The number of rotatable bonds is 24. The number of aryl methyl sites for hydroxylation is 2. The van der Waals surface area contributed by atoms with Crippen molar-refractivity contribution in [3.05, 3.63) is 101 Å². The quantitative estimate of drug-likeness (QED) is 0.0340. The number of alkyl halides is 3. The number of fused-ring (bicyclic) bond motifs is 3. The van der Waals surface area contributed by atoms with Gasteiger partial charge in [-0.1, -0.05) is 51.5 Å². The topological polar surface area (TPSA) is 217 Å². The number of esters is 1. The summed E-state index contributed by atoms with van der Waals surface area (Å²) >= 11 is 1.55. The van der Waals surface area contributed by atoms with Crippen LogP contribution in [0.5, 0.6) is 0 Å². The minimum atomic E-state index is -4.46. The molecule has 0 spiro atoms. The number of hydrogen-bond acceptors (Lipinski definition) is 12. The highest BCUT2D eigenvalue weighted by Gasteiger charge is 2.46. The summed E-state index contributed by atoms with van der Waals surface area (Å²) < 4.78 is 59.7. The summed E-state index contributed by atoms with van der Waals surface area (Å²) in [7, 11) is 1.74. The third-order valence-electron chi connectivity index (χ3n) is 13.4. The number of unbranched alkanes of at least 4 members (excludes halogenated alkanes) is 2. The Morgan fingerprint density at radius 3 is 2.12 bits per heavy atom. The van der Waals surface area contributed by atoms with Gasteiger partial charge in [0.25, 0.3) is 5.91 Å². The second-order valence-electron chi connectivity index (χ2n) is 20.5. The molecule has 1 fully saturated rings. The molecule has 4 N–H and O–H groups in total. The lowest BCUT2D eigenvalue weighted by molar-refractivity contribution is -0.147. The first-order chi connectivity index (χ1) is 37.1. The molecule has 418 valence electrons. The Balaban J connectivity index is 0.762. The number of hydrogen-bond donors (Lipinski definition) is 4. The number of nitrogens with zero attached hydrogens (tertiary/aromatic N) is 5. The molecule has 22 heteroatoms. The smallest absolute Gasteiger partial charge is 0.416 e. The van der Waals surface area contributed by atoms with Gasteiger partial charge in [-0.05, 0) is 85.7 Å². The molecule has 3 aromatic carbocycles. The fourth-order valence-electron chi connectivity index (χ4n) is 9.41. The van der Waals surface area contributed by atoms with Gasteiger partial charge < -0.3 is 40.4 Å². The number of carbonyl (C=O) groups excluding carboxylic acids is 6. The fourth-order valence-corrected chi connectivity index (χ4v) is 10.2. The third-order valence-corrected chi connectivity index (χ3v) is 14.4. The van der Waals surface area contributed by atoms with Crippen LogP contribution in [0, 0.1) is 12.3 Å².